The molecule has 0 aromatic heterocycles. The fourth-order valence-corrected chi connectivity index (χ4v) is 3.40. The predicted octanol–water partition coefficient (Wildman–Crippen LogP) is 1.71. The van der Waals surface area contributed by atoms with Crippen molar-refractivity contribution in [3.63, 3.8) is 0 Å². The zero-order valence-electron chi connectivity index (χ0n) is 10.1. The number of methoxy groups -OCH3 is 1. The Labute approximate surface area is 97.8 Å². The molecule has 2 N–H and O–H groups in total. The highest BCUT2D eigenvalue weighted by Crippen LogP contribution is 2.39. The van der Waals surface area contributed by atoms with Gasteiger partial charge in [0.05, 0.1) is 18.3 Å². The molecule has 0 aliphatic heterocycles. The molecule has 0 saturated heterocycles. The van der Waals surface area contributed by atoms with Crippen molar-refractivity contribution in [1.82, 2.24) is 0 Å². The number of hydrogen-bond donors (Lipinski definition) is 2. The van der Waals surface area contributed by atoms with Crippen molar-refractivity contribution in [1.29, 1.82) is 0 Å². The lowest BCUT2D eigenvalue weighted by Gasteiger charge is -2.39. The Hall–Kier alpha value is -0.120. The van der Waals surface area contributed by atoms with Crippen LogP contribution in [0, 0.1) is 11.8 Å². The summed E-state index contributed by atoms with van der Waals surface area (Å²) in [4.78, 5) is 0. The van der Waals surface area contributed by atoms with Crippen LogP contribution >= 0.6 is 0 Å². The molecular formula is C13H24O3. The van der Waals surface area contributed by atoms with Gasteiger partial charge in [-0.2, -0.15) is 0 Å². The zero-order valence-corrected chi connectivity index (χ0v) is 10.1. The van der Waals surface area contributed by atoms with Gasteiger partial charge in [-0.3, -0.25) is 0 Å². The smallest absolute Gasteiger partial charge is 0.0832 e. The Bertz CT molecular complexity index is 211. The van der Waals surface area contributed by atoms with Crippen LogP contribution in [0.1, 0.15) is 44.9 Å². The van der Waals surface area contributed by atoms with E-state index in [-0.39, 0.29) is 18.3 Å². The number of hydrogen-bond acceptors (Lipinski definition) is 3. The van der Waals surface area contributed by atoms with Crippen molar-refractivity contribution in [3.05, 3.63) is 0 Å². The van der Waals surface area contributed by atoms with Crippen LogP contribution in [0.15, 0.2) is 0 Å². The maximum Gasteiger partial charge on any atom is 0.0832 e. The van der Waals surface area contributed by atoms with Crippen LogP contribution in [0.2, 0.25) is 0 Å². The first-order chi connectivity index (χ1) is 7.70. The molecule has 0 bridgehead atoms. The molecule has 94 valence electrons. The van der Waals surface area contributed by atoms with E-state index in [0.29, 0.717) is 5.92 Å². The summed E-state index contributed by atoms with van der Waals surface area (Å²) in [7, 11) is 1.70. The number of rotatable bonds is 2. The summed E-state index contributed by atoms with van der Waals surface area (Å²) in [6, 6.07) is 0. The average molecular weight is 228 g/mol. The SMILES string of the molecule is COC1CC(C2CCC(O)CC2)CCC1O. The highest BCUT2D eigenvalue weighted by atomic mass is 16.5. The van der Waals surface area contributed by atoms with Crippen molar-refractivity contribution in [3.8, 4) is 0 Å². The molecule has 0 aromatic rings. The lowest BCUT2D eigenvalue weighted by molar-refractivity contribution is -0.0627. The zero-order chi connectivity index (χ0) is 11.5. The quantitative estimate of drug-likeness (QED) is 0.756. The van der Waals surface area contributed by atoms with Gasteiger partial charge >= 0.3 is 0 Å². The number of aliphatic hydroxyl groups excluding tert-OH is 2. The second kappa shape index (κ2) is 5.48. The lowest BCUT2D eigenvalue weighted by Crippen LogP contribution is -2.38. The second-order valence-corrected chi connectivity index (χ2v) is 5.48. The summed E-state index contributed by atoms with van der Waals surface area (Å²) in [5.41, 5.74) is 0. The molecule has 0 aromatic carbocycles. The fraction of sp³-hybridized carbons (Fsp3) is 1.00. The van der Waals surface area contributed by atoms with E-state index in [9.17, 15) is 10.2 Å². The minimum absolute atomic E-state index is 0.0330. The summed E-state index contributed by atoms with van der Waals surface area (Å²) in [5, 5.41) is 19.3. The molecule has 2 saturated carbocycles. The third-order valence-corrected chi connectivity index (χ3v) is 4.51. The molecular weight excluding hydrogens is 204 g/mol. The van der Waals surface area contributed by atoms with Gasteiger partial charge in [0.2, 0.25) is 0 Å². The highest BCUT2D eigenvalue weighted by molar-refractivity contribution is 4.86. The van der Waals surface area contributed by atoms with Gasteiger partial charge in [-0.1, -0.05) is 0 Å². The van der Waals surface area contributed by atoms with Gasteiger partial charge in [-0.05, 0) is 56.8 Å². The second-order valence-electron chi connectivity index (χ2n) is 5.48. The van der Waals surface area contributed by atoms with Gasteiger partial charge in [0, 0.05) is 7.11 Å². The molecule has 2 aliphatic carbocycles. The van der Waals surface area contributed by atoms with Crippen LogP contribution in [-0.2, 0) is 4.74 Å². The van der Waals surface area contributed by atoms with E-state index >= 15 is 0 Å². The molecule has 0 heterocycles. The van der Waals surface area contributed by atoms with E-state index in [4.69, 9.17) is 4.74 Å². The molecule has 3 nitrogen and oxygen atoms in total. The van der Waals surface area contributed by atoms with Crippen LogP contribution < -0.4 is 0 Å². The van der Waals surface area contributed by atoms with Crippen molar-refractivity contribution in [2.75, 3.05) is 7.11 Å². The van der Waals surface area contributed by atoms with Crippen molar-refractivity contribution in [2.24, 2.45) is 11.8 Å². The first-order valence-electron chi connectivity index (χ1n) is 6.59. The molecule has 2 fully saturated rings. The van der Waals surface area contributed by atoms with Gasteiger partial charge in [-0.15, -0.1) is 0 Å². The lowest BCUT2D eigenvalue weighted by atomic mass is 9.71. The minimum Gasteiger partial charge on any atom is -0.393 e. The van der Waals surface area contributed by atoms with Crippen LogP contribution in [0.25, 0.3) is 0 Å². The van der Waals surface area contributed by atoms with E-state index < -0.39 is 0 Å². The van der Waals surface area contributed by atoms with E-state index in [1.165, 1.54) is 0 Å². The Morgan fingerprint density at radius 2 is 1.50 bits per heavy atom. The molecule has 3 unspecified atom stereocenters. The van der Waals surface area contributed by atoms with E-state index in [1.54, 1.807) is 7.11 Å². The molecule has 2 aliphatic rings. The first kappa shape index (κ1) is 12.3. The summed E-state index contributed by atoms with van der Waals surface area (Å²) in [6.45, 7) is 0. The summed E-state index contributed by atoms with van der Waals surface area (Å²) in [6.07, 6.45) is 6.92. The molecule has 16 heavy (non-hydrogen) atoms. The third kappa shape index (κ3) is 2.76. The Morgan fingerprint density at radius 3 is 2.12 bits per heavy atom. The van der Waals surface area contributed by atoms with Crippen LogP contribution in [0.5, 0.6) is 0 Å². The van der Waals surface area contributed by atoms with Gasteiger partial charge in [0.1, 0.15) is 0 Å². The van der Waals surface area contributed by atoms with Gasteiger partial charge in [0.25, 0.3) is 0 Å². The summed E-state index contributed by atoms with van der Waals surface area (Å²) in [5.74, 6) is 1.44. The number of aliphatic hydroxyl groups is 2. The normalized spacial score (nSPS) is 45.6. The van der Waals surface area contributed by atoms with E-state index in [0.717, 1.165) is 50.9 Å². The van der Waals surface area contributed by atoms with E-state index in [2.05, 4.69) is 0 Å². The van der Waals surface area contributed by atoms with Crippen molar-refractivity contribution < 1.29 is 14.9 Å². The monoisotopic (exact) mass is 228 g/mol. The predicted molar refractivity (Wildman–Crippen MR) is 62.1 cm³/mol. The summed E-state index contributed by atoms with van der Waals surface area (Å²) < 4.78 is 5.35. The third-order valence-electron chi connectivity index (χ3n) is 4.51. The Morgan fingerprint density at radius 1 is 0.875 bits per heavy atom. The molecule has 0 radical (unpaired) electrons. The van der Waals surface area contributed by atoms with Crippen LogP contribution in [0.3, 0.4) is 0 Å². The Balaban J connectivity index is 1.85. The maximum absolute atomic E-state index is 9.76. The molecule has 0 amide bonds. The highest BCUT2D eigenvalue weighted by Gasteiger charge is 2.34. The molecule has 3 heteroatoms. The average Bonchev–Trinajstić information content (AvgIpc) is 2.31. The van der Waals surface area contributed by atoms with Crippen LogP contribution in [0.4, 0.5) is 0 Å². The van der Waals surface area contributed by atoms with Gasteiger partial charge in [-0.25, -0.2) is 0 Å². The number of ether oxygens (including phenoxy) is 1. The molecule has 3 atom stereocenters. The molecule has 0 spiro atoms. The Kier molecular flexibility index (Phi) is 4.22. The maximum atomic E-state index is 9.76. The van der Waals surface area contributed by atoms with Crippen LogP contribution in [-0.4, -0.2) is 35.6 Å². The standard InChI is InChI=1S/C13H24O3/c1-16-13-8-10(4-7-12(13)15)9-2-5-11(14)6-3-9/h9-15H,2-8H2,1H3. The largest absolute Gasteiger partial charge is 0.393 e. The van der Waals surface area contributed by atoms with Crippen molar-refractivity contribution >= 4 is 0 Å². The van der Waals surface area contributed by atoms with Gasteiger partial charge < -0.3 is 14.9 Å². The fourth-order valence-electron chi connectivity index (χ4n) is 3.40. The van der Waals surface area contributed by atoms with Crippen molar-refractivity contribution in [2.45, 2.75) is 63.3 Å². The first-order valence-corrected chi connectivity index (χ1v) is 6.59. The minimum atomic E-state index is -0.268. The van der Waals surface area contributed by atoms with E-state index in [1.807, 2.05) is 0 Å². The van der Waals surface area contributed by atoms with Gasteiger partial charge in [0.15, 0.2) is 0 Å². The summed E-state index contributed by atoms with van der Waals surface area (Å²) >= 11 is 0. The topological polar surface area (TPSA) is 49.7 Å². The molecule has 2 rings (SSSR count).